The molecule has 2 aliphatic heterocycles. The van der Waals surface area contributed by atoms with Crippen molar-refractivity contribution in [2.45, 2.75) is 63.7 Å². The van der Waals surface area contributed by atoms with Crippen molar-refractivity contribution in [3.63, 3.8) is 0 Å². The fourth-order valence-corrected chi connectivity index (χ4v) is 4.20. The summed E-state index contributed by atoms with van der Waals surface area (Å²) < 4.78 is 0. The number of hydrogen-bond acceptors (Lipinski definition) is 3. The van der Waals surface area contributed by atoms with E-state index in [1.807, 2.05) is 6.20 Å². The second kappa shape index (κ2) is 6.82. The SMILES string of the molecule is CCCN(Cc1cnc(Cl)cc1Cl)C1CC2CCC(C1)N2. The first kappa shape index (κ1) is 15.5. The Balaban J connectivity index is 1.72. The Morgan fingerprint density at radius 2 is 2.00 bits per heavy atom. The molecule has 2 atom stereocenters. The van der Waals surface area contributed by atoms with Crippen LogP contribution in [-0.4, -0.2) is 34.6 Å². The topological polar surface area (TPSA) is 28.2 Å². The Hall–Kier alpha value is -0.350. The number of halogens is 2. The third kappa shape index (κ3) is 3.70. The van der Waals surface area contributed by atoms with Gasteiger partial charge in [-0.1, -0.05) is 30.1 Å². The van der Waals surface area contributed by atoms with Crippen LogP contribution in [0.15, 0.2) is 12.3 Å². The normalized spacial score (nSPS) is 28.3. The van der Waals surface area contributed by atoms with E-state index in [1.54, 1.807) is 6.07 Å². The monoisotopic (exact) mass is 327 g/mol. The Morgan fingerprint density at radius 3 is 2.62 bits per heavy atom. The molecule has 3 heterocycles. The Kier molecular flexibility index (Phi) is 5.05. The molecule has 0 saturated carbocycles. The van der Waals surface area contributed by atoms with Crippen LogP contribution in [-0.2, 0) is 6.54 Å². The van der Waals surface area contributed by atoms with Gasteiger partial charge >= 0.3 is 0 Å². The third-order valence-corrected chi connectivity index (χ3v) is 5.30. The Bertz CT molecular complexity index is 482. The molecule has 3 nitrogen and oxygen atoms in total. The molecule has 2 bridgehead atoms. The Labute approximate surface area is 137 Å². The zero-order chi connectivity index (χ0) is 14.8. The number of fused-ring (bicyclic) bond motifs is 2. The lowest BCUT2D eigenvalue weighted by atomic mass is 9.97. The summed E-state index contributed by atoms with van der Waals surface area (Å²) in [5.41, 5.74) is 1.08. The number of pyridine rings is 1. The summed E-state index contributed by atoms with van der Waals surface area (Å²) in [7, 11) is 0. The van der Waals surface area contributed by atoms with Crippen LogP contribution in [0.2, 0.25) is 10.2 Å². The number of rotatable bonds is 5. The first-order valence-electron chi connectivity index (χ1n) is 7.95. The molecule has 1 aromatic rings. The summed E-state index contributed by atoms with van der Waals surface area (Å²) in [6.45, 7) is 4.23. The average molecular weight is 328 g/mol. The molecule has 21 heavy (non-hydrogen) atoms. The van der Waals surface area contributed by atoms with Crippen molar-refractivity contribution in [1.29, 1.82) is 0 Å². The highest BCUT2D eigenvalue weighted by Gasteiger charge is 2.35. The molecule has 2 unspecified atom stereocenters. The predicted octanol–water partition coefficient (Wildman–Crippen LogP) is 3.88. The van der Waals surface area contributed by atoms with Crippen molar-refractivity contribution in [3.05, 3.63) is 28.0 Å². The van der Waals surface area contributed by atoms with E-state index in [9.17, 15) is 0 Å². The van der Waals surface area contributed by atoms with Gasteiger partial charge in [0, 0.05) is 41.5 Å². The van der Waals surface area contributed by atoms with Crippen molar-refractivity contribution in [2.24, 2.45) is 0 Å². The molecule has 2 saturated heterocycles. The maximum absolute atomic E-state index is 6.32. The minimum absolute atomic E-state index is 0.464. The van der Waals surface area contributed by atoms with Gasteiger partial charge in [-0.3, -0.25) is 4.90 Å². The number of nitrogens with zero attached hydrogens (tertiary/aromatic N) is 2. The van der Waals surface area contributed by atoms with E-state index in [0.717, 1.165) is 30.1 Å². The van der Waals surface area contributed by atoms with Gasteiger partial charge in [-0.05, 0) is 44.7 Å². The largest absolute Gasteiger partial charge is 0.311 e. The van der Waals surface area contributed by atoms with Crippen LogP contribution in [0.25, 0.3) is 0 Å². The highest BCUT2D eigenvalue weighted by molar-refractivity contribution is 6.34. The molecule has 0 radical (unpaired) electrons. The van der Waals surface area contributed by atoms with Gasteiger partial charge in [-0.25, -0.2) is 4.98 Å². The van der Waals surface area contributed by atoms with E-state index < -0.39 is 0 Å². The molecule has 3 rings (SSSR count). The molecular weight excluding hydrogens is 305 g/mol. The average Bonchev–Trinajstić information content (AvgIpc) is 2.79. The number of aromatic nitrogens is 1. The predicted molar refractivity (Wildman–Crippen MR) is 87.9 cm³/mol. The van der Waals surface area contributed by atoms with Gasteiger partial charge in [0.2, 0.25) is 0 Å². The Morgan fingerprint density at radius 1 is 1.29 bits per heavy atom. The van der Waals surface area contributed by atoms with Gasteiger partial charge in [-0.15, -0.1) is 0 Å². The molecule has 2 fully saturated rings. The van der Waals surface area contributed by atoms with Crippen LogP contribution in [0.3, 0.4) is 0 Å². The molecule has 0 aromatic carbocycles. The van der Waals surface area contributed by atoms with Gasteiger partial charge in [0.05, 0.1) is 0 Å². The van der Waals surface area contributed by atoms with E-state index in [1.165, 1.54) is 25.7 Å². The summed E-state index contributed by atoms with van der Waals surface area (Å²) >= 11 is 12.2. The van der Waals surface area contributed by atoms with Gasteiger partial charge in [0.1, 0.15) is 5.15 Å². The van der Waals surface area contributed by atoms with Crippen LogP contribution >= 0.6 is 23.2 Å². The lowest BCUT2D eigenvalue weighted by molar-refractivity contribution is 0.134. The maximum atomic E-state index is 6.32. The minimum atomic E-state index is 0.464. The standard InChI is InChI=1S/C16H23Cl2N3/c1-2-5-21(10-11-9-19-16(18)8-15(11)17)14-6-12-3-4-13(7-14)20-12/h8-9,12-14,20H,2-7,10H2,1H3. The molecular formula is C16H23Cl2N3. The van der Waals surface area contributed by atoms with Gasteiger partial charge in [0.25, 0.3) is 0 Å². The summed E-state index contributed by atoms with van der Waals surface area (Å²) in [4.78, 5) is 6.77. The van der Waals surface area contributed by atoms with Gasteiger partial charge < -0.3 is 5.32 Å². The van der Waals surface area contributed by atoms with Crippen LogP contribution in [0.4, 0.5) is 0 Å². The number of piperidine rings is 1. The number of hydrogen-bond donors (Lipinski definition) is 1. The first-order chi connectivity index (χ1) is 10.2. The lowest BCUT2D eigenvalue weighted by Crippen LogP contribution is -2.48. The summed E-state index contributed by atoms with van der Waals surface area (Å²) in [5, 5.41) is 4.91. The van der Waals surface area contributed by atoms with Gasteiger partial charge in [-0.2, -0.15) is 0 Å². The quantitative estimate of drug-likeness (QED) is 0.832. The van der Waals surface area contributed by atoms with E-state index in [-0.39, 0.29) is 0 Å². The molecule has 5 heteroatoms. The molecule has 0 spiro atoms. The maximum Gasteiger partial charge on any atom is 0.130 e. The van der Waals surface area contributed by atoms with Crippen molar-refractivity contribution < 1.29 is 0 Å². The zero-order valence-corrected chi connectivity index (χ0v) is 14.0. The van der Waals surface area contributed by atoms with E-state index in [4.69, 9.17) is 23.2 Å². The third-order valence-electron chi connectivity index (χ3n) is 4.75. The summed E-state index contributed by atoms with van der Waals surface area (Å²) in [6.07, 6.45) is 8.18. The molecule has 1 aromatic heterocycles. The van der Waals surface area contributed by atoms with E-state index >= 15 is 0 Å². The van der Waals surface area contributed by atoms with Crippen LogP contribution in [0.1, 0.15) is 44.6 Å². The molecule has 0 aliphatic carbocycles. The van der Waals surface area contributed by atoms with Gasteiger partial charge in [0.15, 0.2) is 0 Å². The fraction of sp³-hybridized carbons (Fsp3) is 0.688. The smallest absolute Gasteiger partial charge is 0.130 e. The molecule has 116 valence electrons. The summed E-state index contributed by atoms with van der Waals surface area (Å²) in [5.74, 6) is 0. The van der Waals surface area contributed by atoms with Crippen LogP contribution in [0.5, 0.6) is 0 Å². The van der Waals surface area contributed by atoms with Crippen molar-refractivity contribution in [1.82, 2.24) is 15.2 Å². The number of nitrogens with one attached hydrogen (secondary N) is 1. The molecule has 2 aliphatic rings. The van der Waals surface area contributed by atoms with Crippen LogP contribution in [0, 0.1) is 0 Å². The fourth-order valence-electron chi connectivity index (χ4n) is 3.77. The van der Waals surface area contributed by atoms with Crippen molar-refractivity contribution in [3.8, 4) is 0 Å². The van der Waals surface area contributed by atoms with Crippen molar-refractivity contribution in [2.75, 3.05) is 6.54 Å². The minimum Gasteiger partial charge on any atom is -0.311 e. The lowest BCUT2D eigenvalue weighted by Gasteiger charge is -2.38. The van der Waals surface area contributed by atoms with E-state index in [2.05, 4.69) is 22.1 Å². The first-order valence-corrected chi connectivity index (χ1v) is 8.71. The van der Waals surface area contributed by atoms with E-state index in [0.29, 0.717) is 23.3 Å². The summed E-state index contributed by atoms with van der Waals surface area (Å²) in [6, 6.07) is 3.84. The highest BCUT2D eigenvalue weighted by Crippen LogP contribution is 2.31. The van der Waals surface area contributed by atoms with Crippen molar-refractivity contribution >= 4 is 23.2 Å². The second-order valence-corrected chi connectivity index (χ2v) is 7.13. The highest BCUT2D eigenvalue weighted by atomic mass is 35.5. The second-order valence-electron chi connectivity index (χ2n) is 6.33. The molecule has 1 N–H and O–H groups in total. The molecule has 0 amide bonds. The van der Waals surface area contributed by atoms with Crippen LogP contribution < -0.4 is 5.32 Å². The zero-order valence-electron chi connectivity index (χ0n) is 12.5.